The first kappa shape index (κ1) is 62.1. The zero-order valence-electron chi connectivity index (χ0n) is 47.9. The molecule has 0 spiro atoms. The van der Waals surface area contributed by atoms with E-state index in [9.17, 15) is 24.0 Å². The van der Waals surface area contributed by atoms with E-state index in [-0.39, 0.29) is 29.6 Å². The number of ketones is 5. The van der Waals surface area contributed by atoms with Gasteiger partial charge in [-0.3, -0.25) is 43.9 Å². The van der Waals surface area contributed by atoms with Crippen molar-refractivity contribution in [3.05, 3.63) is 173 Å². The van der Waals surface area contributed by atoms with Crippen molar-refractivity contribution in [1.82, 2.24) is 35.4 Å². The fourth-order valence-corrected chi connectivity index (χ4v) is 11.7. The molecule has 15 heteroatoms. The van der Waals surface area contributed by atoms with Crippen molar-refractivity contribution in [3.63, 3.8) is 0 Å². The lowest BCUT2D eigenvalue weighted by Gasteiger charge is -2.30. The van der Waals surface area contributed by atoms with Crippen molar-refractivity contribution >= 4 is 46.1 Å². The highest BCUT2D eigenvalue weighted by Crippen LogP contribution is 2.40. The summed E-state index contributed by atoms with van der Waals surface area (Å²) in [4.78, 5) is 74.9. The van der Waals surface area contributed by atoms with Crippen molar-refractivity contribution < 1.29 is 28.5 Å². The third kappa shape index (κ3) is 21.6. The average molecular weight is 1140 g/mol. The quantitative estimate of drug-likeness (QED) is 0.129. The first-order chi connectivity index (χ1) is 40.5. The third-order valence-electron chi connectivity index (χ3n) is 16.2. The van der Waals surface area contributed by atoms with Crippen molar-refractivity contribution in [2.45, 2.75) is 196 Å². The number of hydrogen-bond donors (Lipinski definition) is 2. The number of allylic oxidation sites excluding steroid dienone is 4. The van der Waals surface area contributed by atoms with Crippen LogP contribution in [-0.4, -0.2) is 71.1 Å². The van der Waals surface area contributed by atoms with Crippen LogP contribution in [0.2, 0.25) is 0 Å². The molecular weight excluding hydrogens is 1060 g/mol. The molecule has 0 amide bonds. The van der Waals surface area contributed by atoms with Crippen LogP contribution < -0.4 is 11.1 Å². The van der Waals surface area contributed by atoms with Crippen molar-refractivity contribution in [3.8, 4) is 11.4 Å². The first-order valence-corrected chi connectivity index (χ1v) is 30.6. The normalized spacial score (nSPS) is 22.3. The highest BCUT2D eigenvalue weighted by Gasteiger charge is 2.30. The summed E-state index contributed by atoms with van der Waals surface area (Å²) < 4.78 is 5.37. The Balaban J connectivity index is 0.000000140. The summed E-state index contributed by atoms with van der Waals surface area (Å²) in [6.07, 6.45) is 41.4. The van der Waals surface area contributed by atoms with Crippen LogP contribution in [0.1, 0.15) is 211 Å². The summed E-state index contributed by atoms with van der Waals surface area (Å²) >= 11 is 5.55. The maximum Gasteiger partial charge on any atom is 0.230 e. The standard InChI is InChI=1S/C23H26N4O.C11H16N2.C11H13NO.C11H11NO.C6H7ClO.C6H8O2/c1-3-19(20-4-2-12-24-15-20)13-21(5-1)25-14-16-6-8-17(9-7-16)22-26-23(28-27-22)18-10-11-18;12-11-5-1-3-9(7-11)10-4-2-6-13-8-10;2*13-11-5-1-3-9(7-11)10-4-2-6-12-8-10;2*7-5-2-1-3-6(8)4-5/h2,4,6-9,12,15,18-19,21,25H,1,3,5,10-11,13-14H2;2,4,6,8-9,11H,1,3,5,7,12H2;2,4,6,8-9H,1,3,5,7H2;2,4,6-8H,1,3,5H2;4H,1-3H2;1-4H2. The second-order valence-electron chi connectivity index (χ2n) is 22.9. The van der Waals surface area contributed by atoms with Gasteiger partial charge in [-0.05, 0) is 184 Å². The molecule has 6 aromatic rings. The van der Waals surface area contributed by atoms with Gasteiger partial charge in [-0.2, -0.15) is 4.98 Å². The largest absolute Gasteiger partial charge is 0.339 e. The van der Waals surface area contributed by atoms with Crippen molar-refractivity contribution in [2.75, 3.05) is 0 Å². The Morgan fingerprint density at radius 1 is 0.518 bits per heavy atom. The predicted molar refractivity (Wildman–Crippen MR) is 324 cm³/mol. The van der Waals surface area contributed by atoms with Crippen LogP contribution in [0.15, 0.2) is 144 Å². The van der Waals surface area contributed by atoms with Crippen LogP contribution >= 0.6 is 11.6 Å². The van der Waals surface area contributed by atoms with Crippen molar-refractivity contribution in [1.29, 1.82) is 0 Å². The molecule has 0 radical (unpaired) electrons. The Hall–Kier alpha value is -7.00. The Kier molecular flexibility index (Phi) is 24.9. The van der Waals surface area contributed by atoms with E-state index in [4.69, 9.17) is 21.9 Å². The van der Waals surface area contributed by atoms with Gasteiger partial charge in [-0.1, -0.05) is 78.1 Å². The summed E-state index contributed by atoms with van der Waals surface area (Å²) in [6, 6.07) is 25.8. The fraction of sp³-hybridized carbons (Fsp3) is 0.456. The first-order valence-electron chi connectivity index (χ1n) is 30.2. The van der Waals surface area contributed by atoms with E-state index in [1.807, 2.05) is 67.5 Å². The van der Waals surface area contributed by atoms with Gasteiger partial charge in [0.15, 0.2) is 11.6 Å². The number of Topliss-reactive ketones (excluding diaryl/α,β-unsaturated/α-hetero) is 3. The SMILES string of the molecule is NC1CCCC(c2cccnc2)C1.O=C1C=C(Cl)CCC1.O=C1C=C(c2cccnc2)CCC1.O=C1CCCC(=O)C1.O=C1CCCC(c2cccnc2)C1.c1cncc(C2CCCC(NCc3ccc(-c4noc(C5CC5)n4)cc3)C2)c1. The molecule has 14 nitrogen and oxygen atoms in total. The molecule has 5 unspecified atom stereocenters. The van der Waals surface area contributed by atoms with Crippen LogP contribution in [-0.2, 0) is 30.5 Å². The lowest BCUT2D eigenvalue weighted by Crippen LogP contribution is -2.33. The van der Waals surface area contributed by atoms with Gasteiger partial charge in [0.2, 0.25) is 11.7 Å². The van der Waals surface area contributed by atoms with Gasteiger partial charge in [0.25, 0.3) is 0 Å². The second-order valence-corrected chi connectivity index (χ2v) is 23.4. The van der Waals surface area contributed by atoms with Crippen LogP contribution in [0.4, 0.5) is 0 Å². The number of aromatic nitrogens is 6. The minimum absolute atomic E-state index is 0.112. The summed E-state index contributed by atoms with van der Waals surface area (Å²) in [7, 11) is 0. The Labute approximate surface area is 494 Å². The zero-order chi connectivity index (χ0) is 58.0. The lowest BCUT2D eigenvalue weighted by molar-refractivity contribution is -0.129. The number of pyridine rings is 4. The molecule has 5 aromatic heterocycles. The molecule has 436 valence electrons. The highest BCUT2D eigenvalue weighted by atomic mass is 35.5. The van der Waals surface area contributed by atoms with Gasteiger partial charge < -0.3 is 15.6 Å². The second kappa shape index (κ2) is 33.3. The number of nitrogens with two attached hydrogens (primary N) is 1. The molecule has 0 saturated heterocycles. The van der Waals surface area contributed by atoms with E-state index in [0.717, 1.165) is 86.9 Å². The zero-order valence-corrected chi connectivity index (χ0v) is 48.7. The Bertz CT molecular complexity index is 3030. The van der Waals surface area contributed by atoms with Gasteiger partial charge in [0.05, 0.1) is 6.42 Å². The minimum atomic E-state index is 0.112. The van der Waals surface area contributed by atoms with Gasteiger partial charge in [0, 0.05) is 123 Å². The maximum absolute atomic E-state index is 11.2. The molecule has 83 heavy (non-hydrogen) atoms. The highest BCUT2D eigenvalue weighted by molar-refractivity contribution is 6.31. The number of rotatable bonds is 9. The average Bonchev–Trinajstić information content (AvgIpc) is 4.32. The molecule has 5 saturated carbocycles. The number of benzene rings is 1. The minimum Gasteiger partial charge on any atom is -0.339 e. The number of nitrogens with zero attached hydrogens (tertiary/aromatic N) is 6. The van der Waals surface area contributed by atoms with E-state index < -0.39 is 0 Å². The molecule has 13 rings (SSSR count). The molecule has 5 heterocycles. The maximum atomic E-state index is 11.2. The smallest absolute Gasteiger partial charge is 0.230 e. The summed E-state index contributed by atoms with van der Waals surface area (Å²) in [5.74, 6) is 4.73. The van der Waals surface area contributed by atoms with Gasteiger partial charge >= 0.3 is 0 Å². The molecule has 0 bridgehead atoms. The molecule has 5 fully saturated rings. The molecule has 7 aliphatic rings. The van der Waals surface area contributed by atoms with E-state index in [0.29, 0.717) is 84.5 Å². The number of hydrogen-bond acceptors (Lipinski definition) is 14. The molecule has 3 N–H and O–H groups in total. The molecule has 0 aliphatic heterocycles. The van der Waals surface area contributed by atoms with Gasteiger partial charge in [-0.25, -0.2) is 0 Å². The van der Waals surface area contributed by atoms with Crippen LogP contribution in [0.5, 0.6) is 0 Å². The van der Waals surface area contributed by atoms with E-state index in [1.54, 1.807) is 18.5 Å². The van der Waals surface area contributed by atoms with Gasteiger partial charge in [0.1, 0.15) is 17.3 Å². The molecular formula is C68H81ClN8O6. The Morgan fingerprint density at radius 3 is 1.61 bits per heavy atom. The van der Waals surface area contributed by atoms with Crippen molar-refractivity contribution in [2.24, 2.45) is 5.73 Å². The molecule has 7 aliphatic carbocycles. The van der Waals surface area contributed by atoms with Crippen LogP contribution in [0.25, 0.3) is 17.0 Å². The van der Waals surface area contributed by atoms with Crippen LogP contribution in [0.3, 0.4) is 0 Å². The monoisotopic (exact) mass is 1140 g/mol. The van der Waals surface area contributed by atoms with E-state index in [2.05, 4.69) is 77.9 Å². The topological polar surface area (TPSA) is 214 Å². The fourth-order valence-electron chi connectivity index (χ4n) is 11.5. The van der Waals surface area contributed by atoms with Crippen LogP contribution in [0, 0.1) is 0 Å². The predicted octanol–water partition coefficient (Wildman–Crippen LogP) is 14.0. The number of halogens is 1. The number of carbonyl (C=O) groups is 5. The lowest BCUT2D eigenvalue weighted by atomic mass is 9.82. The number of carbonyl (C=O) groups excluding carboxylic acids is 5. The summed E-state index contributed by atoms with van der Waals surface area (Å²) in [5.41, 5.74) is 14.4. The van der Waals surface area contributed by atoms with E-state index >= 15 is 0 Å². The summed E-state index contributed by atoms with van der Waals surface area (Å²) in [6.45, 7) is 0.893. The summed E-state index contributed by atoms with van der Waals surface area (Å²) in [5, 5.41) is 8.59. The number of nitrogens with one attached hydrogen (secondary N) is 1. The van der Waals surface area contributed by atoms with E-state index in [1.165, 1.54) is 86.1 Å². The Morgan fingerprint density at radius 2 is 1.08 bits per heavy atom. The molecule has 5 atom stereocenters. The molecule has 1 aromatic carbocycles. The van der Waals surface area contributed by atoms with Gasteiger partial charge in [-0.15, -0.1) is 0 Å². The third-order valence-corrected chi connectivity index (χ3v) is 16.5.